The van der Waals surface area contributed by atoms with E-state index in [1.807, 2.05) is 6.92 Å². The molecule has 1 rings (SSSR count). The molecule has 0 bridgehead atoms. The number of primary amides is 1. The molecular formula is C13H18F2N2O2. The van der Waals surface area contributed by atoms with E-state index in [1.54, 1.807) is 0 Å². The van der Waals surface area contributed by atoms with Crippen molar-refractivity contribution < 1.29 is 18.3 Å². The average Bonchev–Trinajstić information content (AvgIpc) is 2.38. The Bertz CT molecular complexity index is 427. The lowest BCUT2D eigenvalue weighted by atomic mass is 10.2. The van der Waals surface area contributed by atoms with Crippen molar-refractivity contribution in [2.75, 3.05) is 13.2 Å². The van der Waals surface area contributed by atoms with Crippen LogP contribution in [0.3, 0.4) is 0 Å². The zero-order valence-corrected chi connectivity index (χ0v) is 10.8. The van der Waals surface area contributed by atoms with E-state index >= 15 is 0 Å². The number of halogens is 2. The molecule has 0 heterocycles. The molecule has 4 nitrogen and oxygen atoms in total. The summed E-state index contributed by atoms with van der Waals surface area (Å²) >= 11 is 0. The number of nitrogens with two attached hydrogens (primary N) is 1. The predicted octanol–water partition coefficient (Wildman–Crippen LogP) is 1.59. The van der Waals surface area contributed by atoms with Crippen LogP contribution < -0.4 is 15.8 Å². The number of hydrogen-bond acceptors (Lipinski definition) is 3. The van der Waals surface area contributed by atoms with Gasteiger partial charge < -0.3 is 15.8 Å². The maximum Gasteiger partial charge on any atom is 0.234 e. The molecule has 19 heavy (non-hydrogen) atoms. The zero-order chi connectivity index (χ0) is 14.3. The summed E-state index contributed by atoms with van der Waals surface area (Å²) in [5, 5.41) is 2.96. The minimum Gasteiger partial charge on any atom is -0.490 e. The first kappa shape index (κ1) is 15.4. The van der Waals surface area contributed by atoms with Crippen molar-refractivity contribution in [3.63, 3.8) is 0 Å². The maximum absolute atomic E-state index is 13.3. The Morgan fingerprint density at radius 3 is 2.84 bits per heavy atom. The van der Waals surface area contributed by atoms with Gasteiger partial charge in [-0.1, -0.05) is 13.0 Å². The molecule has 1 amide bonds. The van der Waals surface area contributed by atoms with Crippen molar-refractivity contribution in [2.24, 2.45) is 5.73 Å². The van der Waals surface area contributed by atoms with Crippen LogP contribution in [0.5, 0.6) is 5.75 Å². The number of rotatable bonds is 8. The SMILES string of the molecule is CCCNC(CCOc1cccc(F)c1F)C(N)=O. The molecule has 0 saturated heterocycles. The third-order valence-electron chi connectivity index (χ3n) is 2.56. The Kier molecular flexibility index (Phi) is 6.21. The monoisotopic (exact) mass is 272 g/mol. The van der Waals surface area contributed by atoms with Gasteiger partial charge in [-0.3, -0.25) is 4.79 Å². The van der Waals surface area contributed by atoms with Crippen LogP contribution in [0.15, 0.2) is 18.2 Å². The van der Waals surface area contributed by atoms with Crippen molar-refractivity contribution in [2.45, 2.75) is 25.8 Å². The topological polar surface area (TPSA) is 64.3 Å². The van der Waals surface area contributed by atoms with Gasteiger partial charge in [0.2, 0.25) is 11.7 Å². The Balaban J connectivity index is 2.47. The van der Waals surface area contributed by atoms with Gasteiger partial charge in [0, 0.05) is 6.42 Å². The van der Waals surface area contributed by atoms with Crippen LogP contribution in [0.2, 0.25) is 0 Å². The van der Waals surface area contributed by atoms with Crippen LogP contribution in [-0.4, -0.2) is 25.1 Å². The van der Waals surface area contributed by atoms with Crippen LogP contribution >= 0.6 is 0 Å². The van der Waals surface area contributed by atoms with E-state index in [-0.39, 0.29) is 12.4 Å². The van der Waals surface area contributed by atoms with Gasteiger partial charge >= 0.3 is 0 Å². The first-order valence-corrected chi connectivity index (χ1v) is 6.15. The van der Waals surface area contributed by atoms with Crippen LogP contribution in [0.25, 0.3) is 0 Å². The molecule has 1 aromatic carbocycles. The highest BCUT2D eigenvalue weighted by molar-refractivity contribution is 5.79. The zero-order valence-electron chi connectivity index (χ0n) is 10.8. The van der Waals surface area contributed by atoms with E-state index in [9.17, 15) is 13.6 Å². The molecule has 1 atom stereocenters. The molecule has 3 N–H and O–H groups in total. The van der Waals surface area contributed by atoms with Gasteiger partial charge in [-0.25, -0.2) is 4.39 Å². The molecule has 0 spiro atoms. The molecule has 0 aliphatic heterocycles. The van der Waals surface area contributed by atoms with Gasteiger partial charge in [0.15, 0.2) is 11.6 Å². The molecule has 1 aromatic rings. The number of hydrogen-bond donors (Lipinski definition) is 2. The van der Waals surface area contributed by atoms with Gasteiger partial charge in [-0.05, 0) is 25.1 Å². The summed E-state index contributed by atoms with van der Waals surface area (Å²) < 4.78 is 31.3. The molecule has 6 heteroatoms. The summed E-state index contributed by atoms with van der Waals surface area (Å²) in [4.78, 5) is 11.1. The van der Waals surface area contributed by atoms with Crippen molar-refractivity contribution in [3.8, 4) is 5.75 Å². The second-order valence-electron chi connectivity index (χ2n) is 4.10. The van der Waals surface area contributed by atoms with E-state index in [4.69, 9.17) is 10.5 Å². The van der Waals surface area contributed by atoms with Gasteiger partial charge in [0.05, 0.1) is 12.6 Å². The highest BCUT2D eigenvalue weighted by Crippen LogP contribution is 2.19. The average molecular weight is 272 g/mol. The second-order valence-corrected chi connectivity index (χ2v) is 4.10. The number of ether oxygens (including phenoxy) is 1. The summed E-state index contributed by atoms with van der Waals surface area (Å²) in [7, 11) is 0. The fraction of sp³-hybridized carbons (Fsp3) is 0.462. The van der Waals surface area contributed by atoms with E-state index in [2.05, 4.69) is 5.32 Å². The maximum atomic E-state index is 13.3. The lowest BCUT2D eigenvalue weighted by Gasteiger charge is -2.15. The van der Waals surface area contributed by atoms with E-state index in [1.165, 1.54) is 12.1 Å². The summed E-state index contributed by atoms with van der Waals surface area (Å²) in [6.07, 6.45) is 1.16. The normalized spacial score (nSPS) is 12.2. The van der Waals surface area contributed by atoms with E-state index in [0.717, 1.165) is 12.5 Å². The largest absolute Gasteiger partial charge is 0.490 e. The third kappa shape index (κ3) is 4.82. The Hall–Kier alpha value is -1.69. The quantitative estimate of drug-likeness (QED) is 0.755. The number of benzene rings is 1. The lowest BCUT2D eigenvalue weighted by Crippen LogP contribution is -2.42. The van der Waals surface area contributed by atoms with Crippen molar-refractivity contribution in [3.05, 3.63) is 29.8 Å². The first-order chi connectivity index (χ1) is 9.06. The molecule has 0 saturated carbocycles. The van der Waals surface area contributed by atoms with Crippen LogP contribution in [0.4, 0.5) is 8.78 Å². The summed E-state index contributed by atoms with van der Waals surface area (Å²) in [5.41, 5.74) is 5.22. The highest BCUT2D eigenvalue weighted by atomic mass is 19.2. The standard InChI is InChI=1S/C13H18F2N2O2/c1-2-7-17-10(13(16)18)6-8-19-11-5-3-4-9(14)12(11)15/h3-5,10,17H,2,6-8H2,1H3,(H2,16,18). The summed E-state index contributed by atoms with van der Waals surface area (Å²) in [6, 6.07) is 3.17. The van der Waals surface area contributed by atoms with Crippen LogP contribution in [0, 0.1) is 11.6 Å². The smallest absolute Gasteiger partial charge is 0.234 e. The van der Waals surface area contributed by atoms with Gasteiger partial charge in [-0.2, -0.15) is 4.39 Å². The molecular weight excluding hydrogens is 254 g/mol. The van der Waals surface area contributed by atoms with Gasteiger partial charge in [0.25, 0.3) is 0 Å². The second kappa shape index (κ2) is 7.68. The molecule has 0 aliphatic carbocycles. The lowest BCUT2D eigenvalue weighted by molar-refractivity contribution is -0.120. The molecule has 1 unspecified atom stereocenters. The Morgan fingerprint density at radius 2 is 2.21 bits per heavy atom. The molecule has 0 aromatic heterocycles. The number of carbonyl (C=O) groups excluding carboxylic acids is 1. The number of nitrogens with one attached hydrogen (secondary N) is 1. The minimum absolute atomic E-state index is 0.0741. The van der Waals surface area contributed by atoms with Crippen molar-refractivity contribution >= 4 is 5.91 Å². The first-order valence-electron chi connectivity index (χ1n) is 6.15. The van der Waals surface area contributed by atoms with Gasteiger partial charge in [-0.15, -0.1) is 0 Å². The molecule has 0 aliphatic rings. The summed E-state index contributed by atoms with van der Waals surface area (Å²) in [6.45, 7) is 2.69. The van der Waals surface area contributed by atoms with Gasteiger partial charge in [0.1, 0.15) is 0 Å². The van der Waals surface area contributed by atoms with E-state index < -0.39 is 23.6 Å². The molecule has 0 radical (unpaired) electrons. The highest BCUT2D eigenvalue weighted by Gasteiger charge is 2.15. The van der Waals surface area contributed by atoms with Crippen molar-refractivity contribution in [1.82, 2.24) is 5.32 Å². The predicted molar refractivity (Wildman–Crippen MR) is 67.7 cm³/mol. The fourth-order valence-corrected chi connectivity index (χ4v) is 1.55. The van der Waals surface area contributed by atoms with Crippen molar-refractivity contribution in [1.29, 1.82) is 0 Å². The number of carbonyl (C=O) groups is 1. The van der Waals surface area contributed by atoms with E-state index in [0.29, 0.717) is 13.0 Å². The Morgan fingerprint density at radius 1 is 1.47 bits per heavy atom. The third-order valence-corrected chi connectivity index (χ3v) is 2.56. The number of amides is 1. The Labute approximate surface area is 110 Å². The summed E-state index contributed by atoms with van der Waals surface area (Å²) in [5.74, 6) is -2.65. The molecule has 0 fully saturated rings. The fourth-order valence-electron chi connectivity index (χ4n) is 1.55. The van der Waals surface area contributed by atoms with Crippen LogP contribution in [-0.2, 0) is 4.79 Å². The minimum atomic E-state index is -1.03. The molecule has 106 valence electrons. The van der Waals surface area contributed by atoms with Crippen LogP contribution in [0.1, 0.15) is 19.8 Å².